The molecule has 0 fully saturated rings. The number of ether oxygens (including phenoxy) is 1. The van der Waals surface area contributed by atoms with E-state index in [9.17, 15) is 15.0 Å². The molecule has 0 aliphatic rings. The van der Waals surface area contributed by atoms with E-state index in [1.165, 1.54) is 0 Å². The molecule has 0 heterocycles. The summed E-state index contributed by atoms with van der Waals surface area (Å²) in [6, 6.07) is 0. The van der Waals surface area contributed by atoms with Gasteiger partial charge in [0.05, 0.1) is 32.8 Å². The van der Waals surface area contributed by atoms with Gasteiger partial charge >= 0.3 is 5.97 Å². The molecule has 0 aliphatic carbocycles. The highest BCUT2D eigenvalue weighted by Gasteiger charge is 2.27. The van der Waals surface area contributed by atoms with Crippen LogP contribution in [0.5, 0.6) is 0 Å². The lowest BCUT2D eigenvalue weighted by atomic mass is 10.2. The largest absolute Gasteiger partial charge is 0.481 e. The van der Waals surface area contributed by atoms with E-state index in [0.717, 1.165) is 25.7 Å². The van der Waals surface area contributed by atoms with Crippen LogP contribution in [0, 0.1) is 0 Å². The molecule has 0 aromatic heterocycles. The van der Waals surface area contributed by atoms with Gasteiger partial charge in [0, 0.05) is 0 Å². The highest BCUT2D eigenvalue weighted by Crippen LogP contribution is 2.09. The van der Waals surface area contributed by atoms with Gasteiger partial charge in [0.1, 0.15) is 13.1 Å². The monoisotopic (exact) mass is 318 g/mol. The first kappa shape index (κ1) is 21.0. The molecule has 0 atom stereocenters. The Morgan fingerprint density at radius 2 is 1.73 bits per heavy atom. The molecule has 0 amide bonds. The molecule has 0 unspecified atom stereocenters. The number of aliphatic hydroxyl groups excluding tert-OH is 2. The molecule has 130 valence electrons. The first-order valence-corrected chi connectivity index (χ1v) is 8.11. The third kappa shape index (κ3) is 10.7. The first-order valence-electron chi connectivity index (χ1n) is 8.11. The number of rotatable bonds is 15. The minimum atomic E-state index is -0.876. The summed E-state index contributed by atoms with van der Waals surface area (Å²) < 4.78 is 5.95. The van der Waals surface area contributed by atoms with E-state index in [1.54, 1.807) is 0 Å². The Labute approximate surface area is 133 Å². The van der Waals surface area contributed by atoms with Crippen LogP contribution in [0.25, 0.3) is 0 Å². The van der Waals surface area contributed by atoms with Crippen LogP contribution in [0.2, 0.25) is 0 Å². The molecule has 22 heavy (non-hydrogen) atoms. The molecular weight excluding hydrogens is 286 g/mol. The molecule has 0 saturated carbocycles. The zero-order valence-electron chi connectivity index (χ0n) is 13.7. The molecule has 0 saturated heterocycles. The maximum Gasteiger partial charge on any atom is 0.309 e. The fourth-order valence-corrected chi connectivity index (χ4v) is 2.25. The minimum Gasteiger partial charge on any atom is -0.481 e. The summed E-state index contributed by atoms with van der Waals surface area (Å²) in [5.41, 5.74) is 0. The summed E-state index contributed by atoms with van der Waals surface area (Å²) >= 11 is 0. The maximum absolute atomic E-state index is 10.8. The number of aliphatic carboxylic acids is 1. The lowest BCUT2D eigenvalue weighted by molar-refractivity contribution is -0.945. The molecule has 6 nitrogen and oxygen atoms in total. The average Bonchev–Trinajstić information content (AvgIpc) is 2.48. The van der Waals surface area contributed by atoms with E-state index in [2.05, 4.69) is 19.1 Å². The Morgan fingerprint density at radius 3 is 2.27 bits per heavy atom. The number of hydrogen-bond acceptors (Lipinski definition) is 4. The van der Waals surface area contributed by atoms with Crippen molar-refractivity contribution >= 4 is 5.97 Å². The molecule has 0 radical (unpaired) electrons. The van der Waals surface area contributed by atoms with Gasteiger partial charge in [0.25, 0.3) is 0 Å². The van der Waals surface area contributed by atoms with Crippen molar-refractivity contribution in [3.8, 4) is 0 Å². The smallest absolute Gasteiger partial charge is 0.309 e. The Balaban J connectivity index is 4.17. The van der Waals surface area contributed by atoms with Crippen LogP contribution >= 0.6 is 0 Å². The van der Waals surface area contributed by atoms with Crippen molar-refractivity contribution in [2.75, 3.05) is 46.2 Å². The van der Waals surface area contributed by atoms with Gasteiger partial charge in [-0.3, -0.25) is 9.28 Å². The molecule has 0 aromatic carbocycles. The number of nitrogens with zero attached hydrogens (tertiary/aromatic N) is 1. The van der Waals surface area contributed by atoms with Crippen LogP contribution in [-0.2, 0) is 9.53 Å². The van der Waals surface area contributed by atoms with Gasteiger partial charge in [0.15, 0.2) is 6.73 Å². The van der Waals surface area contributed by atoms with E-state index < -0.39 is 5.97 Å². The van der Waals surface area contributed by atoms with Crippen molar-refractivity contribution in [1.82, 2.24) is 0 Å². The molecular formula is C16H32NO5+. The van der Waals surface area contributed by atoms with Crippen LogP contribution in [0.4, 0.5) is 0 Å². The van der Waals surface area contributed by atoms with Gasteiger partial charge in [-0.1, -0.05) is 25.5 Å². The number of quaternary nitrogens is 1. The van der Waals surface area contributed by atoms with Gasteiger partial charge in [-0.2, -0.15) is 0 Å². The van der Waals surface area contributed by atoms with Crippen molar-refractivity contribution in [3.05, 3.63) is 12.2 Å². The third-order valence-corrected chi connectivity index (χ3v) is 3.60. The maximum atomic E-state index is 10.8. The van der Waals surface area contributed by atoms with E-state index in [0.29, 0.717) is 33.0 Å². The summed E-state index contributed by atoms with van der Waals surface area (Å²) in [6.45, 7) is 4.10. The molecule has 0 spiro atoms. The second kappa shape index (κ2) is 13.7. The number of aliphatic hydroxyl groups is 2. The van der Waals surface area contributed by atoms with E-state index >= 15 is 0 Å². The Kier molecular flexibility index (Phi) is 13.1. The van der Waals surface area contributed by atoms with Crippen LogP contribution in [0.3, 0.4) is 0 Å². The van der Waals surface area contributed by atoms with Crippen molar-refractivity contribution in [2.24, 2.45) is 0 Å². The molecule has 0 aliphatic heterocycles. The highest BCUT2D eigenvalue weighted by molar-refractivity contribution is 5.66. The number of carboxylic acid groups (broad SMARTS) is 1. The number of allylic oxidation sites excluding steroid dienone is 2. The number of unbranched alkanes of at least 4 members (excludes halogenated alkanes) is 2. The van der Waals surface area contributed by atoms with Gasteiger partial charge in [-0.15, -0.1) is 0 Å². The lowest BCUT2D eigenvalue weighted by Gasteiger charge is -2.36. The van der Waals surface area contributed by atoms with E-state index in [-0.39, 0.29) is 24.1 Å². The SMILES string of the molecule is CCC/C=C/CCCOC[N+](CCO)(CCO)CCC(=O)O. The van der Waals surface area contributed by atoms with Crippen LogP contribution in [0.15, 0.2) is 12.2 Å². The van der Waals surface area contributed by atoms with Crippen molar-refractivity contribution in [3.63, 3.8) is 0 Å². The molecule has 6 heteroatoms. The summed E-state index contributed by atoms with van der Waals surface area (Å²) in [5, 5.41) is 27.3. The van der Waals surface area contributed by atoms with Gasteiger partial charge in [0.2, 0.25) is 0 Å². The average molecular weight is 318 g/mol. The standard InChI is InChI=1S/C16H31NO5/c1-2-3-4-5-6-7-14-22-15-17(10-12-18,11-13-19)9-8-16(20)21/h4-5,18-19H,2-3,6-15H2,1H3/p+1/b5-4+. The molecule has 0 rings (SSSR count). The lowest BCUT2D eigenvalue weighted by Crippen LogP contribution is -2.54. The third-order valence-electron chi connectivity index (χ3n) is 3.60. The fraction of sp³-hybridized carbons (Fsp3) is 0.812. The predicted molar refractivity (Wildman–Crippen MR) is 85.4 cm³/mol. The number of carboxylic acids is 1. The van der Waals surface area contributed by atoms with Crippen molar-refractivity contribution in [2.45, 2.75) is 39.0 Å². The van der Waals surface area contributed by atoms with Crippen LogP contribution < -0.4 is 0 Å². The zero-order chi connectivity index (χ0) is 16.7. The predicted octanol–water partition coefficient (Wildman–Crippen LogP) is 1.37. The number of hydrogen-bond donors (Lipinski definition) is 3. The summed E-state index contributed by atoms with van der Waals surface area (Å²) in [4.78, 5) is 10.8. The van der Waals surface area contributed by atoms with Crippen molar-refractivity contribution in [1.29, 1.82) is 0 Å². The Morgan fingerprint density at radius 1 is 1.09 bits per heavy atom. The van der Waals surface area contributed by atoms with Gasteiger partial charge in [-0.25, -0.2) is 0 Å². The minimum absolute atomic E-state index is 0.00309. The zero-order valence-corrected chi connectivity index (χ0v) is 13.7. The summed E-state index contributed by atoms with van der Waals surface area (Å²) in [7, 11) is 0. The number of carbonyl (C=O) groups is 1. The second-order valence-corrected chi connectivity index (χ2v) is 5.54. The topological polar surface area (TPSA) is 87.0 Å². The van der Waals surface area contributed by atoms with Crippen LogP contribution in [0.1, 0.15) is 39.0 Å². The van der Waals surface area contributed by atoms with Gasteiger partial charge < -0.3 is 20.1 Å². The normalized spacial score (nSPS) is 12.1. The molecule has 0 bridgehead atoms. The molecule has 3 N–H and O–H groups in total. The first-order chi connectivity index (χ1) is 10.6. The quantitative estimate of drug-likeness (QED) is 0.184. The van der Waals surface area contributed by atoms with E-state index in [4.69, 9.17) is 9.84 Å². The highest BCUT2D eigenvalue weighted by atomic mass is 16.5. The van der Waals surface area contributed by atoms with Crippen molar-refractivity contribution < 1.29 is 29.3 Å². The van der Waals surface area contributed by atoms with Gasteiger partial charge in [-0.05, 0) is 19.3 Å². The second-order valence-electron chi connectivity index (χ2n) is 5.54. The van der Waals surface area contributed by atoms with Crippen LogP contribution in [-0.4, -0.2) is 72.0 Å². The Hall–Kier alpha value is -0.950. The molecule has 0 aromatic rings. The summed E-state index contributed by atoms with van der Waals surface area (Å²) in [5.74, 6) is -0.876. The Bertz CT molecular complexity index is 301. The summed E-state index contributed by atoms with van der Waals surface area (Å²) in [6.07, 6.45) is 8.46. The fourth-order valence-electron chi connectivity index (χ4n) is 2.25. The van der Waals surface area contributed by atoms with E-state index in [1.807, 2.05) is 0 Å².